The first-order valence-corrected chi connectivity index (χ1v) is 5.54. The minimum Gasteiger partial charge on any atom is -0.355 e. The molecule has 1 saturated heterocycles. The lowest BCUT2D eigenvalue weighted by Crippen LogP contribution is -2.35. The van der Waals surface area contributed by atoms with Crippen molar-refractivity contribution in [2.75, 3.05) is 13.4 Å². The van der Waals surface area contributed by atoms with Gasteiger partial charge in [-0.05, 0) is 11.8 Å². The quantitative estimate of drug-likeness (QED) is 0.546. The standard InChI is InChI=1S/C12H16O2/c1-10-5-11(2)4-3-8-9(10)12(8,11)14-7-13-6-10/h3-4,8-9H,5-7H2,1-2H3. The molecular weight excluding hydrogens is 176 g/mol. The van der Waals surface area contributed by atoms with E-state index in [1.165, 1.54) is 6.42 Å². The van der Waals surface area contributed by atoms with Gasteiger partial charge >= 0.3 is 0 Å². The molecule has 2 saturated carbocycles. The summed E-state index contributed by atoms with van der Waals surface area (Å²) in [6.07, 6.45) is 6.02. The molecule has 2 heteroatoms. The van der Waals surface area contributed by atoms with Crippen LogP contribution < -0.4 is 0 Å². The van der Waals surface area contributed by atoms with E-state index in [1.54, 1.807) is 0 Å². The maximum absolute atomic E-state index is 6.03. The molecule has 0 aromatic carbocycles. The molecule has 1 heterocycles. The molecule has 5 atom stereocenters. The highest BCUT2D eigenvalue weighted by atomic mass is 16.7. The normalized spacial score (nSPS) is 67.9. The second-order valence-electron chi connectivity index (χ2n) is 6.01. The van der Waals surface area contributed by atoms with E-state index >= 15 is 0 Å². The Morgan fingerprint density at radius 3 is 3.00 bits per heavy atom. The van der Waals surface area contributed by atoms with Crippen LogP contribution in [0.4, 0.5) is 0 Å². The number of rotatable bonds is 0. The first-order valence-electron chi connectivity index (χ1n) is 5.54. The predicted octanol–water partition coefficient (Wildman–Crippen LogP) is 1.96. The Kier molecular flexibility index (Phi) is 1.03. The van der Waals surface area contributed by atoms with Gasteiger partial charge in [-0.3, -0.25) is 0 Å². The lowest BCUT2D eigenvalue weighted by atomic mass is 9.77. The summed E-state index contributed by atoms with van der Waals surface area (Å²) in [5.41, 5.74) is 0.790. The van der Waals surface area contributed by atoms with Gasteiger partial charge in [0.1, 0.15) is 6.79 Å². The molecular formula is C12H16O2. The van der Waals surface area contributed by atoms with E-state index in [1.807, 2.05) is 0 Å². The molecule has 0 N–H and O–H groups in total. The summed E-state index contributed by atoms with van der Waals surface area (Å²) in [5, 5.41) is 0. The molecule has 0 amide bonds. The highest BCUT2D eigenvalue weighted by Gasteiger charge is 2.85. The van der Waals surface area contributed by atoms with Gasteiger partial charge in [0.25, 0.3) is 0 Å². The van der Waals surface area contributed by atoms with Gasteiger partial charge in [0.15, 0.2) is 0 Å². The molecule has 1 spiro atoms. The number of hydrogen-bond acceptors (Lipinski definition) is 2. The molecule has 3 fully saturated rings. The first-order chi connectivity index (χ1) is 6.63. The third-order valence-corrected chi connectivity index (χ3v) is 5.11. The third kappa shape index (κ3) is 0.537. The molecule has 0 aromatic rings. The van der Waals surface area contributed by atoms with Crippen molar-refractivity contribution in [3.63, 3.8) is 0 Å². The fraction of sp³-hybridized carbons (Fsp3) is 0.833. The maximum Gasteiger partial charge on any atom is 0.147 e. The summed E-state index contributed by atoms with van der Waals surface area (Å²) in [5.74, 6) is 1.42. The van der Waals surface area contributed by atoms with Crippen molar-refractivity contribution in [3.05, 3.63) is 12.2 Å². The summed E-state index contributed by atoms with van der Waals surface area (Å²) >= 11 is 0. The second-order valence-corrected chi connectivity index (χ2v) is 6.01. The zero-order valence-corrected chi connectivity index (χ0v) is 8.75. The Bertz CT molecular complexity index is 350. The Labute approximate surface area is 84.3 Å². The average molecular weight is 192 g/mol. The molecule has 2 bridgehead atoms. The van der Waals surface area contributed by atoms with Crippen LogP contribution in [0.5, 0.6) is 0 Å². The highest BCUT2D eigenvalue weighted by molar-refractivity contribution is 5.44. The zero-order valence-electron chi connectivity index (χ0n) is 8.75. The Morgan fingerprint density at radius 2 is 2.21 bits per heavy atom. The summed E-state index contributed by atoms with van der Waals surface area (Å²) < 4.78 is 11.6. The fourth-order valence-corrected chi connectivity index (χ4v) is 4.83. The van der Waals surface area contributed by atoms with Crippen LogP contribution in [0.15, 0.2) is 12.2 Å². The highest BCUT2D eigenvalue weighted by Crippen LogP contribution is 2.81. The van der Waals surface area contributed by atoms with E-state index in [0.29, 0.717) is 23.5 Å². The topological polar surface area (TPSA) is 18.5 Å². The molecule has 1 aliphatic heterocycles. The molecule has 2 nitrogen and oxygen atoms in total. The fourth-order valence-electron chi connectivity index (χ4n) is 4.83. The van der Waals surface area contributed by atoms with Crippen molar-refractivity contribution >= 4 is 0 Å². The van der Waals surface area contributed by atoms with Gasteiger partial charge < -0.3 is 9.47 Å². The lowest BCUT2D eigenvalue weighted by Gasteiger charge is -2.35. The smallest absolute Gasteiger partial charge is 0.147 e. The summed E-state index contributed by atoms with van der Waals surface area (Å²) in [6.45, 7) is 6.12. The first kappa shape index (κ1) is 7.89. The van der Waals surface area contributed by atoms with Crippen molar-refractivity contribution in [1.29, 1.82) is 0 Å². The van der Waals surface area contributed by atoms with Gasteiger partial charge in [0, 0.05) is 17.3 Å². The zero-order chi connectivity index (χ0) is 9.60. The van der Waals surface area contributed by atoms with Gasteiger partial charge in [-0.2, -0.15) is 0 Å². The lowest BCUT2D eigenvalue weighted by molar-refractivity contribution is -0.142. The van der Waals surface area contributed by atoms with Gasteiger partial charge in [-0.1, -0.05) is 26.0 Å². The van der Waals surface area contributed by atoms with Crippen LogP contribution in [0, 0.1) is 22.7 Å². The largest absolute Gasteiger partial charge is 0.355 e. The molecule has 0 aromatic heterocycles. The van der Waals surface area contributed by atoms with Gasteiger partial charge in [-0.15, -0.1) is 0 Å². The van der Waals surface area contributed by atoms with Crippen LogP contribution in [0.3, 0.4) is 0 Å². The number of hydrogen-bond donors (Lipinski definition) is 0. The van der Waals surface area contributed by atoms with E-state index in [2.05, 4.69) is 26.0 Å². The molecule has 5 unspecified atom stereocenters. The van der Waals surface area contributed by atoms with Crippen LogP contribution >= 0.6 is 0 Å². The Hall–Kier alpha value is -0.340. The Morgan fingerprint density at radius 1 is 1.36 bits per heavy atom. The third-order valence-electron chi connectivity index (χ3n) is 5.11. The average Bonchev–Trinajstić information content (AvgIpc) is 2.70. The van der Waals surface area contributed by atoms with Gasteiger partial charge in [0.05, 0.1) is 12.2 Å². The van der Waals surface area contributed by atoms with Crippen molar-refractivity contribution in [1.82, 2.24) is 0 Å². The predicted molar refractivity (Wildman–Crippen MR) is 51.6 cm³/mol. The SMILES string of the molecule is CC12COCOC34C(C=CC3(C)C1)C24. The van der Waals surface area contributed by atoms with Crippen LogP contribution in [0.1, 0.15) is 20.3 Å². The van der Waals surface area contributed by atoms with Crippen molar-refractivity contribution in [2.45, 2.75) is 25.9 Å². The van der Waals surface area contributed by atoms with E-state index in [4.69, 9.17) is 9.47 Å². The summed E-state index contributed by atoms with van der Waals surface area (Å²) in [4.78, 5) is 0. The second kappa shape index (κ2) is 1.83. The van der Waals surface area contributed by atoms with Gasteiger partial charge in [-0.25, -0.2) is 0 Å². The Balaban J connectivity index is 1.91. The van der Waals surface area contributed by atoms with Crippen LogP contribution in [0.25, 0.3) is 0 Å². The summed E-state index contributed by atoms with van der Waals surface area (Å²) in [7, 11) is 0. The van der Waals surface area contributed by atoms with E-state index in [0.717, 1.165) is 12.5 Å². The molecule has 3 aliphatic carbocycles. The molecule has 4 aliphatic rings. The van der Waals surface area contributed by atoms with Crippen LogP contribution in [-0.2, 0) is 9.47 Å². The minimum absolute atomic E-state index is 0.137. The molecule has 0 radical (unpaired) electrons. The van der Waals surface area contributed by atoms with Gasteiger partial charge in [0.2, 0.25) is 0 Å². The van der Waals surface area contributed by atoms with Crippen LogP contribution in [0.2, 0.25) is 0 Å². The van der Waals surface area contributed by atoms with E-state index < -0.39 is 0 Å². The van der Waals surface area contributed by atoms with E-state index in [9.17, 15) is 0 Å². The summed E-state index contributed by atoms with van der Waals surface area (Å²) in [6, 6.07) is 0. The maximum atomic E-state index is 6.03. The minimum atomic E-state index is 0.137. The monoisotopic (exact) mass is 192 g/mol. The van der Waals surface area contributed by atoms with Crippen molar-refractivity contribution < 1.29 is 9.47 Å². The van der Waals surface area contributed by atoms with Crippen molar-refractivity contribution in [2.24, 2.45) is 22.7 Å². The van der Waals surface area contributed by atoms with Crippen LogP contribution in [-0.4, -0.2) is 19.0 Å². The van der Waals surface area contributed by atoms with E-state index in [-0.39, 0.29) is 5.60 Å². The number of ether oxygens (including phenoxy) is 2. The molecule has 76 valence electrons. The van der Waals surface area contributed by atoms with Crippen molar-refractivity contribution in [3.8, 4) is 0 Å². The molecule has 4 rings (SSSR count). The molecule has 14 heavy (non-hydrogen) atoms.